The standard InChI is InChI=1S/C21H22F2N2O2S/c1-28(27)24-12-13-9-10-25(13)21(26)17-11-16(17)14-5-2-3-6-15(14)20-18(22)7-4-8-19(20)23/h2-8,13,16-17,24H,9-12H2,1H3/t13-,16-,17+,28?/m0/s1. The molecule has 28 heavy (non-hydrogen) atoms. The predicted octanol–water partition coefficient (Wildman–Crippen LogP) is 3.22. The topological polar surface area (TPSA) is 55.4 Å². The molecule has 2 aliphatic rings. The van der Waals surface area contributed by atoms with Gasteiger partial charge in [0.05, 0.1) is 18.2 Å². The summed E-state index contributed by atoms with van der Waals surface area (Å²) in [6.07, 6.45) is 3.15. The molecule has 2 fully saturated rings. The van der Waals surface area contributed by atoms with Crippen LogP contribution in [0.25, 0.3) is 11.1 Å². The Hall–Kier alpha value is -1.96. The van der Waals surface area contributed by atoms with E-state index in [4.69, 9.17) is 0 Å². The van der Waals surface area contributed by atoms with Gasteiger partial charge < -0.3 is 9.45 Å². The smallest absolute Gasteiger partial charge is 0.226 e. The number of likely N-dealkylation sites (tertiary alicyclic amines) is 1. The Morgan fingerprint density at radius 3 is 2.57 bits per heavy atom. The summed E-state index contributed by atoms with van der Waals surface area (Å²) in [5, 5.41) is 0. The van der Waals surface area contributed by atoms with Gasteiger partial charge in [-0.3, -0.25) is 4.79 Å². The highest BCUT2D eigenvalue weighted by molar-refractivity contribution is 7.88. The fraction of sp³-hybridized carbons (Fsp3) is 0.381. The second-order valence-electron chi connectivity index (χ2n) is 7.41. The van der Waals surface area contributed by atoms with E-state index in [0.29, 0.717) is 25.1 Å². The zero-order valence-corrected chi connectivity index (χ0v) is 16.3. The van der Waals surface area contributed by atoms with E-state index in [1.807, 2.05) is 17.0 Å². The highest BCUT2D eigenvalue weighted by Gasteiger charge is 2.49. The summed E-state index contributed by atoms with van der Waals surface area (Å²) in [5.41, 5.74) is 1.30. The summed E-state index contributed by atoms with van der Waals surface area (Å²) in [4.78, 5) is 14.7. The van der Waals surface area contributed by atoms with Crippen LogP contribution in [-0.4, -0.2) is 40.7 Å². The van der Waals surface area contributed by atoms with Crippen LogP contribution < -0.4 is 4.72 Å². The van der Waals surface area contributed by atoms with Crippen LogP contribution in [0.1, 0.15) is 24.3 Å². The van der Waals surface area contributed by atoms with Gasteiger partial charge in [0.15, 0.2) is 0 Å². The molecule has 4 atom stereocenters. The number of hydrogen-bond donors (Lipinski definition) is 1. The van der Waals surface area contributed by atoms with E-state index in [2.05, 4.69) is 4.72 Å². The van der Waals surface area contributed by atoms with Gasteiger partial charge in [0.1, 0.15) is 17.9 Å². The van der Waals surface area contributed by atoms with Crippen molar-refractivity contribution in [1.29, 1.82) is 0 Å². The molecule has 1 saturated heterocycles. The summed E-state index contributed by atoms with van der Waals surface area (Å²) in [7, 11) is 0. The van der Waals surface area contributed by atoms with Gasteiger partial charge in [-0.25, -0.2) is 8.78 Å². The van der Waals surface area contributed by atoms with Crippen LogP contribution in [0.3, 0.4) is 0 Å². The van der Waals surface area contributed by atoms with Gasteiger partial charge in [-0.05, 0) is 42.0 Å². The summed E-state index contributed by atoms with van der Waals surface area (Å²) in [5.74, 6) is -1.31. The first kappa shape index (κ1) is 19.4. The van der Waals surface area contributed by atoms with Crippen molar-refractivity contribution in [3.05, 3.63) is 59.7 Å². The molecule has 4 rings (SSSR count). The second kappa shape index (κ2) is 7.81. The normalized spacial score (nSPS) is 24.6. The number of hydrogen-bond acceptors (Lipinski definition) is 3. The minimum absolute atomic E-state index is 0.0303. The Balaban J connectivity index is 1.51. The van der Waals surface area contributed by atoms with E-state index >= 15 is 0 Å². The summed E-state index contributed by atoms with van der Waals surface area (Å²) >= 11 is -1.10. The Bertz CT molecular complexity index is 872. The third kappa shape index (κ3) is 3.66. The number of nitrogens with one attached hydrogen (secondary N) is 1. The molecule has 1 unspecified atom stereocenters. The SMILES string of the molecule is C[S+]([O-])NC[C@@H]1CCN1C(=O)[C@@H]1C[C@H]1c1ccccc1-c1c(F)cccc1F. The van der Waals surface area contributed by atoms with Crippen LogP contribution >= 0.6 is 0 Å². The van der Waals surface area contributed by atoms with Crippen molar-refractivity contribution >= 4 is 17.3 Å². The lowest BCUT2D eigenvalue weighted by molar-refractivity contribution is -0.140. The maximum absolute atomic E-state index is 14.3. The molecule has 2 aromatic carbocycles. The van der Waals surface area contributed by atoms with Crippen LogP contribution in [0.4, 0.5) is 8.78 Å². The average molecular weight is 404 g/mol. The van der Waals surface area contributed by atoms with Gasteiger partial charge in [-0.1, -0.05) is 30.3 Å². The van der Waals surface area contributed by atoms with Gasteiger partial charge in [-0.15, -0.1) is 4.72 Å². The van der Waals surface area contributed by atoms with Crippen molar-refractivity contribution in [2.24, 2.45) is 5.92 Å². The lowest BCUT2D eigenvalue weighted by Crippen LogP contribution is -2.56. The van der Waals surface area contributed by atoms with Crippen LogP contribution in [0, 0.1) is 17.6 Å². The minimum atomic E-state index is -1.10. The van der Waals surface area contributed by atoms with Crippen molar-refractivity contribution in [1.82, 2.24) is 9.62 Å². The number of nitrogens with zero attached hydrogens (tertiary/aromatic N) is 1. The number of carbonyl (C=O) groups excluding carboxylic acids is 1. The quantitative estimate of drug-likeness (QED) is 0.753. The van der Waals surface area contributed by atoms with E-state index in [9.17, 15) is 18.1 Å². The second-order valence-corrected chi connectivity index (χ2v) is 8.61. The predicted molar refractivity (Wildman–Crippen MR) is 105 cm³/mol. The molecule has 0 bridgehead atoms. The fourth-order valence-electron chi connectivity index (χ4n) is 3.98. The van der Waals surface area contributed by atoms with Crippen molar-refractivity contribution in [3.63, 3.8) is 0 Å². The molecule has 0 spiro atoms. The molecule has 0 radical (unpaired) electrons. The van der Waals surface area contributed by atoms with Crippen molar-refractivity contribution in [3.8, 4) is 11.1 Å². The molecule has 1 heterocycles. The van der Waals surface area contributed by atoms with E-state index in [1.165, 1.54) is 18.2 Å². The first-order chi connectivity index (χ1) is 13.5. The van der Waals surface area contributed by atoms with Gasteiger partial charge in [0.25, 0.3) is 0 Å². The van der Waals surface area contributed by atoms with Crippen LogP contribution in [-0.2, 0) is 16.2 Å². The first-order valence-corrected chi connectivity index (χ1v) is 10.9. The van der Waals surface area contributed by atoms with E-state index < -0.39 is 23.0 Å². The van der Waals surface area contributed by atoms with Crippen LogP contribution in [0.15, 0.2) is 42.5 Å². The summed E-state index contributed by atoms with van der Waals surface area (Å²) < 4.78 is 42.7. The molecule has 7 heteroatoms. The molecule has 1 N–H and O–H groups in total. The van der Waals surface area contributed by atoms with Crippen molar-refractivity contribution in [2.45, 2.75) is 24.8 Å². The zero-order valence-electron chi connectivity index (χ0n) is 15.5. The van der Waals surface area contributed by atoms with Crippen LogP contribution in [0.5, 0.6) is 0 Å². The fourth-order valence-corrected chi connectivity index (χ4v) is 4.41. The molecule has 1 amide bonds. The van der Waals surface area contributed by atoms with Crippen LogP contribution in [0.2, 0.25) is 0 Å². The number of carbonyl (C=O) groups is 1. The molecule has 148 valence electrons. The minimum Gasteiger partial charge on any atom is -0.598 e. The molecule has 4 nitrogen and oxygen atoms in total. The van der Waals surface area contributed by atoms with Gasteiger partial charge >= 0.3 is 0 Å². The maximum atomic E-state index is 14.3. The average Bonchev–Trinajstić information content (AvgIpc) is 3.41. The van der Waals surface area contributed by atoms with Crippen molar-refractivity contribution in [2.75, 3.05) is 19.3 Å². The lowest BCUT2D eigenvalue weighted by atomic mass is 9.94. The van der Waals surface area contributed by atoms with Crippen molar-refractivity contribution < 1.29 is 18.1 Å². The van der Waals surface area contributed by atoms with E-state index in [1.54, 1.807) is 18.4 Å². The maximum Gasteiger partial charge on any atom is 0.226 e. The Kier molecular flexibility index (Phi) is 5.40. The number of amides is 1. The third-order valence-corrected chi connectivity index (χ3v) is 6.22. The monoisotopic (exact) mass is 404 g/mol. The van der Waals surface area contributed by atoms with E-state index in [-0.39, 0.29) is 29.3 Å². The molecule has 0 aromatic heterocycles. The highest BCUT2D eigenvalue weighted by Crippen LogP contribution is 2.52. The third-order valence-electron chi connectivity index (χ3n) is 5.65. The Morgan fingerprint density at radius 1 is 1.21 bits per heavy atom. The van der Waals surface area contributed by atoms with Gasteiger partial charge in [0, 0.05) is 23.8 Å². The number of rotatable bonds is 6. The summed E-state index contributed by atoms with van der Waals surface area (Å²) in [6, 6.07) is 11.1. The Labute approximate surface area is 166 Å². The number of halogens is 2. The highest BCUT2D eigenvalue weighted by atomic mass is 32.2. The summed E-state index contributed by atoms with van der Waals surface area (Å²) in [6.45, 7) is 1.22. The molecule has 1 aliphatic carbocycles. The lowest BCUT2D eigenvalue weighted by Gasteiger charge is -2.41. The van der Waals surface area contributed by atoms with E-state index in [0.717, 1.165) is 12.0 Å². The molecule has 2 aromatic rings. The molecule has 1 aliphatic heterocycles. The largest absolute Gasteiger partial charge is 0.598 e. The molecular formula is C21H22F2N2O2S. The molecular weight excluding hydrogens is 382 g/mol. The number of benzene rings is 2. The van der Waals surface area contributed by atoms with Gasteiger partial charge in [-0.2, -0.15) is 0 Å². The zero-order chi connectivity index (χ0) is 19.8. The van der Waals surface area contributed by atoms with Gasteiger partial charge in [0.2, 0.25) is 5.91 Å². The molecule has 1 saturated carbocycles. The Morgan fingerprint density at radius 2 is 1.93 bits per heavy atom. The first-order valence-electron chi connectivity index (χ1n) is 9.38.